The van der Waals surface area contributed by atoms with E-state index in [9.17, 15) is 78.0 Å². The maximum Gasteiger partial charge on any atom is 0.353 e. The Morgan fingerprint density at radius 3 is 1.13 bits per heavy atom. The molecule has 0 amide bonds. The van der Waals surface area contributed by atoms with Crippen molar-refractivity contribution in [3.8, 4) is 44.5 Å². The third-order valence-electron chi connectivity index (χ3n) is 26.6. The molecule has 12 N–H and O–H groups in total. The van der Waals surface area contributed by atoms with Crippen molar-refractivity contribution in [1.82, 2.24) is 73.1 Å². The van der Waals surface area contributed by atoms with Gasteiger partial charge in [0.05, 0.1) is 52.3 Å². The predicted octanol–water partition coefficient (Wildman–Crippen LogP) is 14.6. The van der Waals surface area contributed by atoms with Crippen LogP contribution in [0.4, 0.5) is 4.39 Å². The molecule has 0 saturated carbocycles. The van der Waals surface area contributed by atoms with Gasteiger partial charge in [0.1, 0.15) is 28.6 Å². The predicted molar refractivity (Wildman–Crippen MR) is 516 cm³/mol. The summed E-state index contributed by atoms with van der Waals surface area (Å²) in [5, 5.41) is 45.6. The van der Waals surface area contributed by atoms with Crippen molar-refractivity contribution in [2.24, 2.45) is 0 Å². The van der Waals surface area contributed by atoms with E-state index in [1.807, 2.05) is 66.7 Å². The molecule has 14 aromatic heterocycles. The Labute approximate surface area is 769 Å². The van der Waals surface area contributed by atoms with Gasteiger partial charge in [0.2, 0.25) is 11.1 Å². The van der Waals surface area contributed by atoms with Crippen molar-refractivity contribution in [2.75, 3.05) is 0 Å². The fourth-order valence-corrected chi connectivity index (χ4v) is 20.6. The van der Waals surface area contributed by atoms with Crippen LogP contribution in [0.3, 0.4) is 0 Å². The number of halogens is 1. The molecule has 32 heteroatoms. The van der Waals surface area contributed by atoms with Gasteiger partial charge in [0, 0.05) is 185 Å². The molecule has 678 valence electrons. The van der Waals surface area contributed by atoms with Crippen LogP contribution in [0, 0.1) is 5.82 Å². The number of benzene rings is 6. The third kappa shape index (κ3) is 15.5. The summed E-state index contributed by atoms with van der Waals surface area (Å²) in [4.78, 5) is 185. The van der Waals surface area contributed by atoms with Gasteiger partial charge in [-0.3, -0.25) is 48.3 Å². The first kappa shape index (κ1) is 85.9. The molecular formula is C105H80FN15O16. The molecule has 0 saturated heterocycles. The highest BCUT2D eigenvalue weighted by molar-refractivity contribution is 6.12. The van der Waals surface area contributed by atoms with E-state index in [1.165, 1.54) is 93.3 Å². The number of aromatic nitrogens is 15. The summed E-state index contributed by atoms with van der Waals surface area (Å²) >= 11 is 0. The summed E-state index contributed by atoms with van der Waals surface area (Å²) in [5.41, 5.74) is 17.0. The zero-order valence-corrected chi connectivity index (χ0v) is 72.8. The lowest BCUT2D eigenvalue weighted by Gasteiger charge is -2.12. The lowest BCUT2D eigenvalue weighted by atomic mass is 10.00. The highest BCUT2D eigenvalue weighted by atomic mass is 19.1. The number of carboxylic acid groups (broad SMARTS) is 4. The minimum Gasteiger partial charge on any atom is -0.477 e. The Hall–Kier alpha value is -17.8. The molecule has 4 aliphatic rings. The zero-order chi connectivity index (χ0) is 94.5. The lowest BCUT2D eigenvalue weighted by Crippen LogP contribution is -2.15. The molecule has 14 heterocycles. The highest BCUT2D eigenvalue weighted by Gasteiger charge is 2.34. The van der Waals surface area contributed by atoms with E-state index in [1.54, 1.807) is 105 Å². The molecule has 0 fully saturated rings. The standard InChI is InChI=1S/C27H21N3O4.C26H19FN4O4.2C26H20N4O4/c31-23-13-17(18-7-1-2-9-21(18)29-23)14-30-22-12-16-6-3-5-15(16)11-20(22)24(25(30)27(33)34)19-8-4-10-28-26(19)32;27-19-10-20-17(25(33)30-12-29-20)8-15(19)11-31-21-9-14-4-1-3-13(14)7-18(21)22(23(31)26(34)35)16-5-2-6-28-24(16)32;31-21-12-16(23-19(29-21)7-3-8-27-23)13-30-20-11-15-5-1-4-14(15)10-18(20)22(24(30)26(33)34)17-6-2-9-28-25(17)32;31-24-17(5-2-7-27-24)22-19-10-15-3-1-4-16(15)11-21(19)30(23(22)26(33)34)13-14-9-18-20(29-12-14)6-8-28-25(18)32/h1-2,4,7-13H,3,5-6,14H2,(H,28,32)(H,29,31)(H,33,34);2,5-10,12H,1,3-4,11H2,(H,28,32)(H,34,35)(H,29,30,33);2-3,6-12H,1,4-5,13H2,(H,28,32)(H,29,31)(H,33,34);2,5-12H,1,3-4,13H2,(H,27,31)(H,28,32)(H,33,34). The number of carboxylic acids is 4. The molecule has 0 aliphatic heterocycles. The molecule has 20 aromatic rings. The fraction of sp³-hybridized carbons (Fsp3) is 0.152. The van der Waals surface area contributed by atoms with Crippen LogP contribution in [0.1, 0.15) is 134 Å². The summed E-state index contributed by atoms with van der Waals surface area (Å²) in [7, 11) is 0. The van der Waals surface area contributed by atoms with E-state index in [0.29, 0.717) is 94.0 Å². The van der Waals surface area contributed by atoms with Crippen molar-refractivity contribution in [3.05, 3.63) is 398 Å². The summed E-state index contributed by atoms with van der Waals surface area (Å²) < 4.78 is 21.8. The van der Waals surface area contributed by atoms with E-state index in [2.05, 4.69) is 60.9 Å². The van der Waals surface area contributed by atoms with Crippen molar-refractivity contribution in [3.63, 3.8) is 0 Å². The van der Waals surface area contributed by atoms with Crippen LogP contribution in [0.15, 0.2) is 258 Å². The second-order valence-electron chi connectivity index (χ2n) is 34.6. The second kappa shape index (κ2) is 34.7. The SMILES string of the molecule is O=C(O)c1c(-c2ccc[nH]c2=O)c2cc3c(cc2n1Cc1cc(=O)[nH]c2ccccc12)CCC3.O=C(O)c1c(-c2ccc[nH]c2=O)c2cc3c(cc2n1Cc1cc(=O)[nH]c2cccnc12)CCC3.O=C(O)c1c(-c2ccc[nH]c2=O)c2cc3c(cc2n1Cc1cc2c(=O)[nH]cnc2cc1F)CCC3.O=C(O)c1c(-c2ccc[nH]c2=O)c2cc3c(cc2n1Cc1cnc2cc[nH]c(=O)c2c1)CCC3. The minimum atomic E-state index is -1.24. The molecule has 31 nitrogen and oxygen atoms in total. The van der Waals surface area contributed by atoms with E-state index in [-0.39, 0.29) is 104 Å². The Morgan fingerprint density at radius 1 is 0.321 bits per heavy atom. The highest BCUT2D eigenvalue weighted by Crippen LogP contribution is 2.44. The normalized spacial score (nSPS) is 12.9. The van der Waals surface area contributed by atoms with E-state index >= 15 is 4.39 Å². The number of aryl methyl sites for hydroxylation is 8. The fourth-order valence-electron chi connectivity index (χ4n) is 20.6. The molecule has 137 heavy (non-hydrogen) atoms. The molecule has 0 spiro atoms. The number of aromatic carboxylic acids is 4. The van der Waals surface area contributed by atoms with Gasteiger partial charge in [-0.1, -0.05) is 18.2 Å². The first-order valence-corrected chi connectivity index (χ1v) is 44.5. The number of hydrogen-bond acceptors (Lipinski definition) is 15. The maximum absolute atomic E-state index is 15.1. The number of aromatic amines is 8. The zero-order valence-electron chi connectivity index (χ0n) is 72.8. The van der Waals surface area contributed by atoms with Crippen LogP contribution < -0.4 is 44.5 Å². The monoisotopic (exact) mass is 1830 g/mol. The van der Waals surface area contributed by atoms with Crippen LogP contribution in [0.25, 0.3) is 132 Å². The first-order chi connectivity index (χ1) is 66.4. The summed E-state index contributed by atoms with van der Waals surface area (Å²) in [5.74, 6) is -5.23. The van der Waals surface area contributed by atoms with Crippen molar-refractivity contribution in [1.29, 1.82) is 0 Å². The molecule has 24 rings (SSSR count). The van der Waals surface area contributed by atoms with Gasteiger partial charge in [-0.25, -0.2) is 28.6 Å². The summed E-state index contributed by atoms with van der Waals surface area (Å²) in [6.07, 6.45) is 23.6. The van der Waals surface area contributed by atoms with Crippen LogP contribution >= 0.6 is 0 Å². The van der Waals surface area contributed by atoms with Crippen LogP contribution in [0.2, 0.25) is 0 Å². The van der Waals surface area contributed by atoms with Gasteiger partial charge in [-0.2, -0.15) is 0 Å². The van der Waals surface area contributed by atoms with Gasteiger partial charge in [0.15, 0.2) is 0 Å². The molecular weight excluding hydrogens is 1750 g/mol. The van der Waals surface area contributed by atoms with E-state index < -0.39 is 40.8 Å². The molecule has 4 aliphatic carbocycles. The number of carbonyl (C=O) groups is 4. The quantitative estimate of drug-likeness (QED) is 0.0427. The van der Waals surface area contributed by atoms with Crippen LogP contribution in [0.5, 0.6) is 0 Å². The number of nitrogens with one attached hydrogen (secondary N) is 8. The van der Waals surface area contributed by atoms with E-state index in [0.717, 1.165) is 126 Å². The molecule has 0 bridgehead atoms. The van der Waals surface area contributed by atoms with Gasteiger partial charge in [-0.05, 0) is 266 Å². The smallest absolute Gasteiger partial charge is 0.353 e. The van der Waals surface area contributed by atoms with Gasteiger partial charge >= 0.3 is 23.9 Å². The van der Waals surface area contributed by atoms with Gasteiger partial charge in [0.25, 0.3) is 33.4 Å². The Balaban J connectivity index is 0.000000109. The first-order valence-electron chi connectivity index (χ1n) is 44.5. The second-order valence-corrected chi connectivity index (χ2v) is 34.6. The van der Waals surface area contributed by atoms with E-state index in [4.69, 9.17) is 0 Å². The number of H-pyrrole nitrogens is 8. The van der Waals surface area contributed by atoms with Crippen LogP contribution in [-0.4, -0.2) is 117 Å². The number of nitrogens with zero attached hydrogens (tertiary/aromatic N) is 7. The number of hydrogen-bond donors (Lipinski definition) is 12. The third-order valence-corrected chi connectivity index (χ3v) is 26.6. The van der Waals surface area contributed by atoms with Gasteiger partial charge < -0.3 is 78.6 Å². The molecule has 0 unspecified atom stereocenters. The number of fused-ring (bicyclic) bond motifs is 12. The average Bonchev–Trinajstić information content (AvgIpc) is 1.59. The Kier molecular flexibility index (Phi) is 21.8. The summed E-state index contributed by atoms with van der Waals surface area (Å²) in [6, 6.07) is 49.3. The van der Waals surface area contributed by atoms with Crippen molar-refractivity contribution in [2.45, 2.75) is 103 Å². The maximum atomic E-state index is 15.1. The number of pyridine rings is 9. The molecule has 0 radical (unpaired) electrons. The Morgan fingerprint density at radius 2 is 0.693 bits per heavy atom. The topological polar surface area (TPSA) is 470 Å². The number of para-hydroxylation sites is 1. The van der Waals surface area contributed by atoms with Gasteiger partial charge in [-0.15, -0.1) is 0 Å². The lowest BCUT2D eigenvalue weighted by molar-refractivity contribution is 0.0676. The summed E-state index contributed by atoms with van der Waals surface area (Å²) in [6.45, 7) is 0.363. The molecule has 0 atom stereocenters. The van der Waals surface area contributed by atoms with Crippen LogP contribution in [-0.2, 0) is 77.5 Å². The van der Waals surface area contributed by atoms with Crippen molar-refractivity contribution >= 4 is 111 Å². The minimum absolute atomic E-state index is 0.0136. The number of rotatable bonds is 16. The van der Waals surface area contributed by atoms with Crippen molar-refractivity contribution < 1.29 is 44.0 Å². The molecule has 6 aromatic carbocycles. The Bertz CT molecular complexity index is 8850. The average molecular weight is 1830 g/mol. The largest absolute Gasteiger partial charge is 0.477 e.